The first kappa shape index (κ1) is 14.5. The van der Waals surface area contributed by atoms with Crippen molar-refractivity contribution >= 4 is 34.7 Å². The molecule has 0 saturated carbocycles. The van der Waals surface area contributed by atoms with E-state index < -0.39 is 17.7 Å². The highest BCUT2D eigenvalue weighted by molar-refractivity contribution is 14.1. The molecule has 0 spiro atoms. The first-order valence-electron chi connectivity index (χ1n) is 4.56. The lowest BCUT2D eigenvalue weighted by Gasteiger charge is -2.21. The average Bonchev–Trinajstić information content (AvgIpc) is 1.96. The minimum absolute atomic E-state index is 0.0312. The van der Waals surface area contributed by atoms with Gasteiger partial charge in [-0.3, -0.25) is 4.79 Å². The van der Waals surface area contributed by atoms with E-state index in [2.05, 4.69) is 5.32 Å². The van der Waals surface area contributed by atoms with Crippen LogP contribution in [0.1, 0.15) is 33.6 Å². The number of amides is 1. The summed E-state index contributed by atoms with van der Waals surface area (Å²) in [5, 5.41) is 11.0. The molecule has 0 radical (unpaired) electrons. The normalized spacial score (nSPS) is 13.1. The fourth-order valence-electron chi connectivity index (χ4n) is 0.758. The van der Waals surface area contributed by atoms with Crippen LogP contribution in [-0.4, -0.2) is 26.8 Å². The number of alkyl halides is 1. The van der Waals surface area contributed by atoms with Gasteiger partial charge in [0.1, 0.15) is 5.60 Å². The topological polar surface area (TPSA) is 75.6 Å². The zero-order chi connectivity index (χ0) is 12.1. The molecule has 2 N–H and O–H groups in total. The van der Waals surface area contributed by atoms with Crippen LogP contribution in [0, 0.1) is 0 Å². The molecule has 0 rings (SSSR count). The molecule has 6 heteroatoms. The molecule has 0 aromatic rings. The van der Waals surface area contributed by atoms with Crippen molar-refractivity contribution in [3.05, 3.63) is 0 Å². The lowest BCUT2D eigenvalue weighted by atomic mass is 10.2. The molecule has 0 fully saturated rings. The molecular formula is C9H16INO4. The minimum atomic E-state index is -0.873. The first-order valence-corrected chi connectivity index (χ1v) is 5.80. The molecule has 88 valence electrons. The zero-order valence-corrected chi connectivity index (χ0v) is 11.2. The zero-order valence-electron chi connectivity index (χ0n) is 9.04. The first-order chi connectivity index (χ1) is 6.70. The summed E-state index contributed by atoms with van der Waals surface area (Å²) < 4.78 is 4.78. The molecule has 1 amide bonds. The summed E-state index contributed by atoms with van der Waals surface area (Å²) in [4.78, 5) is 21.5. The van der Waals surface area contributed by atoms with Crippen LogP contribution in [0.3, 0.4) is 0 Å². The molecule has 0 bridgehead atoms. The van der Waals surface area contributed by atoms with Crippen molar-refractivity contribution in [1.82, 2.24) is 5.32 Å². The van der Waals surface area contributed by atoms with Gasteiger partial charge in [-0.1, -0.05) is 22.6 Å². The molecular weight excluding hydrogens is 313 g/mol. The van der Waals surface area contributed by atoms with E-state index in [1.54, 1.807) is 20.8 Å². The smallest absolute Gasteiger partial charge is 0.408 e. The Kier molecular flexibility index (Phi) is 5.92. The Labute approximate surface area is 103 Å². The number of hydrogen-bond acceptors (Lipinski definition) is 3. The number of carboxylic acid groups (broad SMARTS) is 1. The second-order valence-electron chi connectivity index (χ2n) is 4.05. The summed E-state index contributed by atoms with van der Waals surface area (Å²) >= 11 is 1.97. The highest BCUT2D eigenvalue weighted by Gasteiger charge is 2.18. The summed E-state index contributed by atoms with van der Waals surface area (Å²) in [6.07, 6.45) is -0.106. The van der Waals surface area contributed by atoms with E-state index in [4.69, 9.17) is 9.84 Å². The number of carbonyl (C=O) groups is 2. The van der Waals surface area contributed by atoms with E-state index >= 15 is 0 Å². The van der Waals surface area contributed by atoms with E-state index in [1.807, 2.05) is 22.6 Å². The monoisotopic (exact) mass is 329 g/mol. The molecule has 0 aliphatic carbocycles. The maximum Gasteiger partial charge on any atom is 0.408 e. The van der Waals surface area contributed by atoms with Gasteiger partial charge in [-0.15, -0.1) is 0 Å². The third-order valence-electron chi connectivity index (χ3n) is 1.29. The Bertz CT molecular complexity index is 237. The Balaban J connectivity index is 3.81. The Morgan fingerprint density at radius 1 is 1.47 bits per heavy atom. The molecule has 5 nitrogen and oxygen atoms in total. The van der Waals surface area contributed by atoms with E-state index in [9.17, 15) is 9.59 Å². The van der Waals surface area contributed by atoms with Gasteiger partial charge in [0, 0.05) is 6.42 Å². The SMILES string of the molecule is CC(C)(C)OC(=O)N[C@@H](I)CCC(=O)O. The van der Waals surface area contributed by atoms with Crippen molar-refractivity contribution in [3.63, 3.8) is 0 Å². The minimum Gasteiger partial charge on any atom is -0.481 e. The van der Waals surface area contributed by atoms with Gasteiger partial charge >= 0.3 is 12.1 Å². The van der Waals surface area contributed by atoms with Crippen LogP contribution in [0.5, 0.6) is 0 Å². The lowest BCUT2D eigenvalue weighted by molar-refractivity contribution is -0.137. The molecule has 0 aromatic carbocycles. The third-order valence-corrected chi connectivity index (χ3v) is 2.22. The molecule has 0 aromatic heterocycles. The van der Waals surface area contributed by atoms with E-state index in [0.717, 1.165) is 0 Å². The molecule has 0 unspecified atom stereocenters. The Morgan fingerprint density at radius 2 is 2.00 bits per heavy atom. The number of halogens is 1. The number of carbonyl (C=O) groups excluding carboxylic acids is 1. The van der Waals surface area contributed by atoms with Crippen molar-refractivity contribution in [3.8, 4) is 0 Å². The van der Waals surface area contributed by atoms with Gasteiger partial charge in [0.15, 0.2) is 0 Å². The number of nitrogens with one attached hydrogen (secondary N) is 1. The maximum atomic E-state index is 11.2. The van der Waals surface area contributed by atoms with E-state index in [1.165, 1.54) is 0 Å². The molecule has 0 heterocycles. The van der Waals surface area contributed by atoms with Crippen molar-refractivity contribution in [1.29, 1.82) is 0 Å². The second-order valence-corrected chi connectivity index (χ2v) is 5.55. The molecule has 1 atom stereocenters. The van der Waals surface area contributed by atoms with Crippen molar-refractivity contribution in [2.45, 2.75) is 43.3 Å². The lowest BCUT2D eigenvalue weighted by Crippen LogP contribution is -2.36. The van der Waals surface area contributed by atoms with Gasteiger partial charge < -0.3 is 15.2 Å². The summed E-state index contributed by atoms with van der Waals surface area (Å²) in [6.45, 7) is 5.31. The van der Waals surface area contributed by atoms with Crippen LogP contribution in [0.25, 0.3) is 0 Å². The predicted octanol–water partition coefficient (Wildman–Crippen LogP) is 2.14. The molecule has 15 heavy (non-hydrogen) atoms. The van der Waals surface area contributed by atoms with Crippen LogP contribution in [0.2, 0.25) is 0 Å². The number of rotatable bonds is 4. The number of hydrogen-bond donors (Lipinski definition) is 2. The van der Waals surface area contributed by atoms with Crippen LogP contribution >= 0.6 is 22.6 Å². The van der Waals surface area contributed by atoms with Crippen LogP contribution < -0.4 is 5.32 Å². The molecule has 0 aliphatic heterocycles. The fraction of sp³-hybridized carbons (Fsp3) is 0.778. The Hall–Kier alpha value is -0.530. The third kappa shape index (κ3) is 9.77. The standard InChI is InChI=1S/C9H16INO4/c1-9(2,3)15-8(14)11-6(10)4-5-7(12)13/h6H,4-5H2,1-3H3,(H,11,14)(H,12,13)/t6-/m1/s1. The van der Waals surface area contributed by atoms with Crippen LogP contribution in [0.15, 0.2) is 0 Å². The predicted molar refractivity (Wildman–Crippen MR) is 64.0 cm³/mol. The quantitative estimate of drug-likeness (QED) is 0.471. The molecule has 0 saturated heterocycles. The van der Waals surface area contributed by atoms with Gasteiger partial charge in [-0.2, -0.15) is 0 Å². The summed E-state index contributed by atoms with van der Waals surface area (Å²) in [7, 11) is 0. The van der Waals surface area contributed by atoms with Gasteiger partial charge in [0.2, 0.25) is 0 Å². The van der Waals surface area contributed by atoms with Gasteiger partial charge in [0.25, 0.3) is 0 Å². The largest absolute Gasteiger partial charge is 0.481 e. The van der Waals surface area contributed by atoms with Crippen molar-refractivity contribution < 1.29 is 19.4 Å². The van der Waals surface area contributed by atoms with Gasteiger partial charge in [0.05, 0.1) is 4.05 Å². The Morgan fingerprint density at radius 3 is 2.40 bits per heavy atom. The summed E-state index contributed by atoms with van der Waals surface area (Å²) in [6, 6.07) is 0. The second kappa shape index (κ2) is 6.14. The number of ether oxygens (including phenoxy) is 1. The summed E-state index contributed by atoms with van der Waals surface area (Å²) in [5.74, 6) is -0.873. The number of alkyl carbamates (subject to hydrolysis) is 1. The van der Waals surface area contributed by atoms with Crippen molar-refractivity contribution in [2.24, 2.45) is 0 Å². The van der Waals surface area contributed by atoms with Crippen LogP contribution in [0.4, 0.5) is 4.79 Å². The maximum absolute atomic E-state index is 11.2. The number of aliphatic carboxylic acids is 1. The van der Waals surface area contributed by atoms with Crippen LogP contribution in [-0.2, 0) is 9.53 Å². The fourth-order valence-corrected chi connectivity index (χ4v) is 1.32. The van der Waals surface area contributed by atoms with E-state index in [0.29, 0.717) is 6.42 Å². The number of carboxylic acids is 1. The van der Waals surface area contributed by atoms with Gasteiger partial charge in [-0.05, 0) is 27.2 Å². The highest BCUT2D eigenvalue weighted by atomic mass is 127. The summed E-state index contributed by atoms with van der Waals surface area (Å²) in [5.41, 5.74) is -0.534. The highest BCUT2D eigenvalue weighted by Crippen LogP contribution is 2.10. The van der Waals surface area contributed by atoms with Gasteiger partial charge in [-0.25, -0.2) is 4.79 Å². The van der Waals surface area contributed by atoms with E-state index in [-0.39, 0.29) is 10.5 Å². The van der Waals surface area contributed by atoms with Crippen molar-refractivity contribution in [2.75, 3.05) is 0 Å². The average molecular weight is 329 g/mol. The molecule has 0 aliphatic rings.